The van der Waals surface area contributed by atoms with E-state index >= 15 is 0 Å². The Morgan fingerprint density at radius 2 is 2.11 bits per heavy atom. The zero-order chi connectivity index (χ0) is 14.2. The first-order chi connectivity index (χ1) is 8.80. The van der Waals surface area contributed by atoms with E-state index in [4.69, 9.17) is 16.7 Å². The largest absolute Gasteiger partial charge is 0.477 e. The fraction of sp³-hybridized carbons (Fsp3) is 0.0909. The Kier molecular flexibility index (Phi) is 3.34. The minimum Gasteiger partial charge on any atom is -0.477 e. The van der Waals surface area contributed by atoms with E-state index in [0.29, 0.717) is 0 Å². The maximum absolute atomic E-state index is 11.7. The zero-order valence-corrected chi connectivity index (χ0v) is 11.3. The number of aromatic nitrogens is 2. The summed E-state index contributed by atoms with van der Waals surface area (Å²) in [5.74, 6) is -1.19. The summed E-state index contributed by atoms with van der Waals surface area (Å²) in [5, 5.41) is 15.1. The summed E-state index contributed by atoms with van der Waals surface area (Å²) in [6, 6.07) is 5.65. The van der Waals surface area contributed by atoms with E-state index in [-0.39, 0.29) is 26.9 Å². The van der Waals surface area contributed by atoms with Gasteiger partial charge in [0.25, 0.3) is 0 Å². The number of rotatable bonds is 3. The van der Waals surface area contributed by atoms with Crippen LogP contribution in [0.2, 0.25) is 5.02 Å². The number of carboxylic acid groups (broad SMARTS) is 1. The fourth-order valence-corrected chi connectivity index (χ4v) is 2.86. The quantitative estimate of drug-likeness (QED) is 0.900. The summed E-state index contributed by atoms with van der Waals surface area (Å²) < 4.78 is 23.4. The van der Waals surface area contributed by atoms with Gasteiger partial charge in [0.05, 0.1) is 15.6 Å². The highest BCUT2D eigenvalue weighted by atomic mass is 35.5. The standard InChI is InChI=1S/C11H9ClN2O4S/c1-19(17,18)9-4-2-3-6(12)10(9)7-5-8(11(15)16)14-13-7/h2-5H,1H3,(H,13,14)(H,15,16). The third kappa shape index (κ3) is 2.61. The van der Waals surface area contributed by atoms with Gasteiger partial charge in [0.2, 0.25) is 0 Å². The predicted octanol–water partition coefficient (Wildman–Crippen LogP) is 1.83. The van der Waals surface area contributed by atoms with Gasteiger partial charge in [-0.15, -0.1) is 0 Å². The number of nitrogens with zero attached hydrogens (tertiary/aromatic N) is 1. The van der Waals surface area contributed by atoms with Crippen LogP contribution >= 0.6 is 11.6 Å². The van der Waals surface area contributed by atoms with Crippen LogP contribution in [0.4, 0.5) is 0 Å². The van der Waals surface area contributed by atoms with E-state index in [0.717, 1.165) is 6.26 Å². The summed E-state index contributed by atoms with van der Waals surface area (Å²) in [7, 11) is -3.50. The lowest BCUT2D eigenvalue weighted by atomic mass is 10.1. The third-order valence-electron chi connectivity index (χ3n) is 2.44. The van der Waals surface area contributed by atoms with E-state index in [1.54, 1.807) is 0 Å². The van der Waals surface area contributed by atoms with Crippen LogP contribution in [0.25, 0.3) is 11.3 Å². The summed E-state index contributed by atoms with van der Waals surface area (Å²) >= 11 is 5.99. The Morgan fingerprint density at radius 3 is 2.63 bits per heavy atom. The second-order valence-corrected chi connectivity index (χ2v) is 6.25. The van der Waals surface area contributed by atoms with Crippen LogP contribution in [0, 0.1) is 0 Å². The molecule has 19 heavy (non-hydrogen) atoms. The monoisotopic (exact) mass is 300 g/mol. The van der Waals surface area contributed by atoms with Crippen molar-refractivity contribution >= 4 is 27.4 Å². The van der Waals surface area contributed by atoms with Gasteiger partial charge >= 0.3 is 5.97 Å². The third-order valence-corrected chi connectivity index (χ3v) is 3.89. The van der Waals surface area contributed by atoms with Crippen LogP contribution in [0.3, 0.4) is 0 Å². The molecule has 0 saturated heterocycles. The molecule has 1 aromatic heterocycles. The van der Waals surface area contributed by atoms with Crippen molar-refractivity contribution in [3.8, 4) is 11.3 Å². The molecule has 1 aromatic carbocycles. The average molecular weight is 301 g/mol. The molecule has 2 rings (SSSR count). The Bertz CT molecular complexity index is 752. The van der Waals surface area contributed by atoms with E-state index in [1.807, 2.05) is 0 Å². The van der Waals surface area contributed by atoms with Crippen molar-refractivity contribution < 1.29 is 18.3 Å². The molecule has 0 aliphatic carbocycles. The molecule has 2 aromatic rings. The number of carbonyl (C=O) groups is 1. The molecule has 2 N–H and O–H groups in total. The SMILES string of the molecule is CS(=O)(=O)c1cccc(Cl)c1-c1cc(C(=O)O)[nH]n1. The summed E-state index contributed by atoms with van der Waals surface area (Å²) in [6.07, 6.45) is 1.05. The van der Waals surface area contributed by atoms with Crippen molar-refractivity contribution in [3.05, 3.63) is 35.0 Å². The van der Waals surface area contributed by atoms with Crippen molar-refractivity contribution in [2.24, 2.45) is 0 Å². The Hall–Kier alpha value is -1.86. The van der Waals surface area contributed by atoms with Crippen molar-refractivity contribution in [2.45, 2.75) is 4.90 Å². The molecule has 0 unspecified atom stereocenters. The van der Waals surface area contributed by atoms with E-state index in [9.17, 15) is 13.2 Å². The second kappa shape index (κ2) is 4.67. The molecule has 0 fully saturated rings. The van der Waals surface area contributed by atoms with E-state index < -0.39 is 15.8 Å². The van der Waals surface area contributed by atoms with Crippen LogP contribution in [0.1, 0.15) is 10.5 Å². The number of hydrogen-bond donors (Lipinski definition) is 2. The van der Waals surface area contributed by atoms with Crippen LogP contribution < -0.4 is 0 Å². The van der Waals surface area contributed by atoms with Crippen LogP contribution in [-0.2, 0) is 9.84 Å². The first-order valence-electron chi connectivity index (χ1n) is 5.08. The second-order valence-electron chi connectivity index (χ2n) is 3.86. The predicted molar refractivity (Wildman–Crippen MR) is 69.1 cm³/mol. The highest BCUT2D eigenvalue weighted by molar-refractivity contribution is 7.90. The highest BCUT2D eigenvalue weighted by Crippen LogP contribution is 2.33. The fourth-order valence-electron chi connectivity index (χ4n) is 1.62. The molecule has 0 atom stereocenters. The number of H-pyrrole nitrogens is 1. The molecule has 6 nitrogen and oxygen atoms in total. The summed E-state index contributed by atoms with van der Waals surface area (Å²) in [5.41, 5.74) is 0.216. The molecule has 0 bridgehead atoms. The van der Waals surface area contributed by atoms with Gasteiger partial charge in [0.15, 0.2) is 9.84 Å². The van der Waals surface area contributed by atoms with Crippen LogP contribution in [-0.4, -0.2) is 35.9 Å². The van der Waals surface area contributed by atoms with E-state index in [1.165, 1.54) is 24.3 Å². The molecule has 0 aliphatic rings. The number of carboxylic acids is 1. The smallest absolute Gasteiger partial charge is 0.353 e. The topological polar surface area (TPSA) is 100 Å². The molecular formula is C11H9ClN2O4S. The van der Waals surface area contributed by atoms with Gasteiger partial charge in [0, 0.05) is 11.8 Å². The van der Waals surface area contributed by atoms with Crippen molar-refractivity contribution in [1.82, 2.24) is 10.2 Å². The number of benzene rings is 1. The molecule has 0 saturated carbocycles. The lowest BCUT2D eigenvalue weighted by Crippen LogP contribution is -2.00. The Labute approximate surface area is 114 Å². The van der Waals surface area contributed by atoms with Gasteiger partial charge in [-0.3, -0.25) is 5.10 Å². The molecule has 0 aliphatic heterocycles. The molecule has 0 amide bonds. The van der Waals surface area contributed by atoms with Gasteiger partial charge in [0.1, 0.15) is 5.69 Å². The maximum atomic E-state index is 11.7. The average Bonchev–Trinajstić information content (AvgIpc) is 2.76. The molecule has 0 radical (unpaired) electrons. The molecule has 0 spiro atoms. The van der Waals surface area contributed by atoms with Crippen molar-refractivity contribution in [1.29, 1.82) is 0 Å². The van der Waals surface area contributed by atoms with Crippen LogP contribution in [0.5, 0.6) is 0 Å². The number of halogens is 1. The zero-order valence-electron chi connectivity index (χ0n) is 9.71. The maximum Gasteiger partial charge on any atom is 0.353 e. The Balaban J connectivity index is 2.70. The number of aromatic carboxylic acids is 1. The first-order valence-corrected chi connectivity index (χ1v) is 7.35. The van der Waals surface area contributed by atoms with E-state index in [2.05, 4.69) is 10.2 Å². The number of sulfone groups is 1. The lowest BCUT2D eigenvalue weighted by Gasteiger charge is -2.07. The molecular weight excluding hydrogens is 292 g/mol. The van der Waals surface area contributed by atoms with Crippen molar-refractivity contribution in [2.75, 3.05) is 6.26 Å². The lowest BCUT2D eigenvalue weighted by molar-refractivity contribution is 0.0690. The first kappa shape index (κ1) is 13.6. The van der Waals surface area contributed by atoms with Gasteiger partial charge in [-0.25, -0.2) is 13.2 Å². The van der Waals surface area contributed by atoms with Gasteiger partial charge < -0.3 is 5.11 Å². The molecule has 8 heteroatoms. The molecule has 1 heterocycles. The number of nitrogens with one attached hydrogen (secondary N) is 1. The van der Waals surface area contributed by atoms with Crippen LogP contribution in [0.15, 0.2) is 29.2 Å². The van der Waals surface area contributed by atoms with Crippen molar-refractivity contribution in [3.63, 3.8) is 0 Å². The minimum absolute atomic E-state index is 0.00318. The number of hydrogen-bond acceptors (Lipinski definition) is 4. The normalized spacial score (nSPS) is 11.5. The number of aromatic amines is 1. The highest BCUT2D eigenvalue weighted by Gasteiger charge is 2.20. The molecule has 100 valence electrons. The van der Waals surface area contributed by atoms with Gasteiger partial charge in [-0.2, -0.15) is 5.10 Å². The van der Waals surface area contributed by atoms with Gasteiger partial charge in [-0.1, -0.05) is 17.7 Å². The minimum atomic E-state index is -3.50. The van der Waals surface area contributed by atoms with Gasteiger partial charge in [-0.05, 0) is 18.2 Å². The Morgan fingerprint density at radius 1 is 1.42 bits per heavy atom. The summed E-state index contributed by atoms with van der Waals surface area (Å²) in [6.45, 7) is 0. The summed E-state index contributed by atoms with van der Waals surface area (Å²) in [4.78, 5) is 10.8.